The van der Waals surface area contributed by atoms with Gasteiger partial charge in [-0.3, -0.25) is 4.98 Å². The van der Waals surface area contributed by atoms with Crippen LogP contribution in [0.5, 0.6) is 0 Å². The fraction of sp³-hybridized carbons (Fsp3) is 0.133. The molecule has 26 heavy (non-hydrogen) atoms. The van der Waals surface area contributed by atoms with Crippen LogP contribution in [-0.4, -0.2) is 35.2 Å². The van der Waals surface area contributed by atoms with Crippen LogP contribution >= 0.6 is 11.8 Å². The number of thioether (sulfide) groups is 1. The second-order valence-electron chi connectivity index (χ2n) is 5.32. The lowest BCUT2D eigenvalue weighted by Gasteiger charge is -2.03. The van der Waals surface area contributed by atoms with Gasteiger partial charge in [0, 0.05) is 34.8 Å². The Morgan fingerprint density at radius 2 is 2.04 bits per heavy atom. The minimum atomic E-state index is -2.68. The number of hydrogen-bond acceptors (Lipinski definition) is 7. The van der Waals surface area contributed by atoms with Crippen molar-refractivity contribution in [2.24, 2.45) is 0 Å². The predicted octanol–water partition coefficient (Wildman–Crippen LogP) is 2.75. The van der Waals surface area contributed by atoms with Gasteiger partial charge < -0.3 is 5.73 Å². The number of aromatic amines is 1. The van der Waals surface area contributed by atoms with Crippen molar-refractivity contribution in [3.8, 4) is 5.69 Å². The normalized spacial score (nSPS) is 11.5. The molecule has 0 spiro atoms. The molecule has 11 heteroatoms. The van der Waals surface area contributed by atoms with E-state index >= 15 is 0 Å². The number of fused-ring (bicyclic) bond motifs is 1. The molecule has 132 valence electrons. The van der Waals surface area contributed by atoms with Crippen LogP contribution in [-0.2, 0) is 5.75 Å². The van der Waals surface area contributed by atoms with E-state index in [4.69, 9.17) is 5.73 Å². The lowest BCUT2D eigenvalue weighted by Crippen LogP contribution is -1.96. The number of halogens is 2. The summed E-state index contributed by atoms with van der Waals surface area (Å²) in [4.78, 5) is 8.68. The third kappa shape index (κ3) is 3.08. The Morgan fingerprint density at radius 1 is 1.23 bits per heavy atom. The standard InChI is InChI=1S/C15H12F2N8S/c16-14(17)12-8(6-25(23-12)9-1-3-19-4-2-9)7-26-10-5-11(18)20-15-13(10)21-24-22-15/h1-6,14H,7H2,(H3,18,20,21,22,24). The van der Waals surface area contributed by atoms with Crippen LogP contribution in [0, 0.1) is 0 Å². The topological polar surface area (TPSA) is 111 Å². The predicted molar refractivity (Wildman–Crippen MR) is 92.0 cm³/mol. The molecule has 4 aromatic rings. The molecule has 0 aliphatic heterocycles. The fourth-order valence-electron chi connectivity index (χ4n) is 2.44. The molecule has 0 fully saturated rings. The number of pyridine rings is 2. The maximum absolute atomic E-state index is 13.4. The van der Waals surface area contributed by atoms with E-state index in [1.807, 2.05) is 0 Å². The molecule has 0 unspecified atom stereocenters. The maximum Gasteiger partial charge on any atom is 0.282 e. The van der Waals surface area contributed by atoms with Crippen LogP contribution in [0.2, 0.25) is 0 Å². The lowest BCUT2D eigenvalue weighted by atomic mass is 10.3. The highest BCUT2D eigenvalue weighted by Gasteiger charge is 2.20. The average molecular weight is 374 g/mol. The van der Waals surface area contributed by atoms with Gasteiger partial charge in [-0.15, -0.1) is 16.9 Å². The van der Waals surface area contributed by atoms with Gasteiger partial charge >= 0.3 is 0 Å². The first-order chi connectivity index (χ1) is 12.6. The van der Waals surface area contributed by atoms with E-state index in [1.54, 1.807) is 36.8 Å². The van der Waals surface area contributed by atoms with Crippen LogP contribution < -0.4 is 5.73 Å². The summed E-state index contributed by atoms with van der Waals surface area (Å²) < 4.78 is 28.2. The van der Waals surface area contributed by atoms with Gasteiger partial charge in [0.05, 0.1) is 5.69 Å². The number of rotatable bonds is 5. The van der Waals surface area contributed by atoms with E-state index in [0.29, 0.717) is 27.3 Å². The summed E-state index contributed by atoms with van der Waals surface area (Å²) in [6.45, 7) is 0. The molecule has 0 aromatic carbocycles. The highest BCUT2D eigenvalue weighted by molar-refractivity contribution is 7.98. The van der Waals surface area contributed by atoms with Crippen LogP contribution in [0.3, 0.4) is 0 Å². The molecule has 3 N–H and O–H groups in total. The molecule has 8 nitrogen and oxygen atoms in total. The van der Waals surface area contributed by atoms with E-state index in [-0.39, 0.29) is 17.3 Å². The summed E-state index contributed by atoms with van der Waals surface area (Å²) in [5.41, 5.74) is 7.52. The van der Waals surface area contributed by atoms with Crippen molar-refractivity contribution in [3.05, 3.63) is 48.0 Å². The third-order valence-electron chi connectivity index (χ3n) is 3.62. The molecule has 4 rings (SSSR count). The van der Waals surface area contributed by atoms with Gasteiger partial charge in [-0.25, -0.2) is 18.4 Å². The Hall–Kier alpha value is -3.08. The second kappa shape index (κ2) is 6.67. The van der Waals surface area contributed by atoms with Crippen LogP contribution in [0.15, 0.2) is 41.7 Å². The lowest BCUT2D eigenvalue weighted by molar-refractivity contribution is 0.144. The summed E-state index contributed by atoms with van der Waals surface area (Å²) >= 11 is 1.32. The fourth-order valence-corrected chi connectivity index (χ4v) is 3.45. The first kappa shape index (κ1) is 16.4. The van der Waals surface area contributed by atoms with Crippen LogP contribution in [0.25, 0.3) is 16.9 Å². The van der Waals surface area contributed by atoms with Gasteiger partial charge in [0.15, 0.2) is 0 Å². The summed E-state index contributed by atoms with van der Waals surface area (Å²) in [6.07, 6.45) is 2.07. The molecule has 0 saturated heterocycles. The smallest absolute Gasteiger partial charge is 0.282 e. The monoisotopic (exact) mass is 374 g/mol. The van der Waals surface area contributed by atoms with Gasteiger partial charge in [-0.2, -0.15) is 15.4 Å². The zero-order valence-electron chi connectivity index (χ0n) is 13.2. The molecule has 0 atom stereocenters. The van der Waals surface area contributed by atoms with Crippen molar-refractivity contribution in [2.45, 2.75) is 17.1 Å². The number of aromatic nitrogens is 7. The number of nitrogen functional groups attached to an aromatic ring is 1. The van der Waals surface area contributed by atoms with Crippen molar-refractivity contribution >= 4 is 28.7 Å². The summed E-state index contributed by atoms with van der Waals surface area (Å²) in [7, 11) is 0. The van der Waals surface area contributed by atoms with E-state index in [2.05, 4.69) is 30.5 Å². The number of nitrogens with zero attached hydrogens (tertiary/aromatic N) is 6. The Morgan fingerprint density at radius 3 is 2.81 bits per heavy atom. The molecule has 0 aliphatic rings. The molecule has 4 heterocycles. The van der Waals surface area contributed by atoms with Crippen molar-refractivity contribution in [1.82, 2.24) is 35.2 Å². The number of nitrogens with two attached hydrogens (primary N) is 1. The van der Waals surface area contributed by atoms with Crippen molar-refractivity contribution in [3.63, 3.8) is 0 Å². The Balaban J connectivity index is 1.65. The zero-order valence-corrected chi connectivity index (χ0v) is 14.0. The summed E-state index contributed by atoms with van der Waals surface area (Å²) in [5, 5.41) is 14.4. The second-order valence-corrected chi connectivity index (χ2v) is 6.34. The molecule has 0 amide bonds. The van der Waals surface area contributed by atoms with Gasteiger partial charge in [-0.1, -0.05) is 0 Å². The number of alkyl halides is 2. The summed E-state index contributed by atoms with van der Waals surface area (Å²) in [6, 6.07) is 5.04. The molecular formula is C15H12F2N8S. The molecule has 0 bridgehead atoms. The van der Waals surface area contributed by atoms with Gasteiger partial charge in [0.25, 0.3) is 6.43 Å². The summed E-state index contributed by atoms with van der Waals surface area (Å²) in [5.74, 6) is 0.561. The van der Waals surface area contributed by atoms with Crippen molar-refractivity contribution in [2.75, 3.05) is 5.73 Å². The Labute approximate surface area is 149 Å². The highest BCUT2D eigenvalue weighted by Crippen LogP contribution is 2.32. The number of anilines is 1. The molecule has 0 aliphatic carbocycles. The first-order valence-electron chi connectivity index (χ1n) is 7.48. The van der Waals surface area contributed by atoms with Crippen LogP contribution in [0.1, 0.15) is 17.7 Å². The Bertz CT molecular complexity index is 1050. The number of nitrogens with one attached hydrogen (secondary N) is 1. The van der Waals surface area contributed by atoms with Gasteiger partial charge in [-0.05, 0) is 18.2 Å². The largest absolute Gasteiger partial charge is 0.384 e. The zero-order chi connectivity index (χ0) is 18.1. The van der Waals surface area contributed by atoms with Crippen LogP contribution in [0.4, 0.5) is 14.6 Å². The minimum Gasteiger partial charge on any atom is -0.384 e. The number of H-pyrrole nitrogens is 1. The molecular weight excluding hydrogens is 362 g/mol. The van der Waals surface area contributed by atoms with Gasteiger partial charge in [0.1, 0.15) is 17.0 Å². The SMILES string of the molecule is Nc1cc(SCc2cn(-c3ccncc3)nc2C(F)F)c2n[nH]nc2n1. The maximum atomic E-state index is 13.4. The highest BCUT2D eigenvalue weighted by atomic mass is 32.2. The minimum absolute atomic E-state index is 0.257. The first-order valence-corrected chi connectivity index (χ1v) is 8.47. The third-order valence-corrected chi connectivity index (χ3v) is 4.69. The number of hydrogen-bond donors (Lipinski definition) is 2. The van der Waals surface area contributed by atoms with E-state index in [1.165, 1.54) is 16.4 Å². The van der Waals surface area contributed by atoms with Crippen molar-refractivity contribution in [1.29, 1.82) is 0 Å². The quantitative estimate of drug-likeness (QED) is 0.517. The van der Waals surface area contributed by atoms with E-state index in [0.717, 1.165) is 0 Å². The van der Waals surface area contributed by atoms with E-state index in [9.17, 15) is 8.78 Å². The van der Waals surface area contributed by atoms with E-state index < -0.39 is 6.43 Å². The van der Waals surface area contributed by atoms with Gasteiger partial charge in [0.2, 0.25) is 5.65 Å². The molecule has 0 saturated carbocycles. The average Bonchev–Trinajstić information content (AvgIpc) is 3.27. The molecule has 4 aromatic heterocycles. The molecule has 0 radical (unpaired) electrons. The Kier molecular flexibility index (Phi) is 4.21. The van der Waals surface area contributed by atoms with Crippen molar-refractivity contribution < 1.29 is 8.78 Å².